The van der Waals surface area contributed by atoms with Crippen LogP contribution < -0.4 is 10.6 Å². The summed E-state index contributed by atoms with van der Waals surface area (Å²) in [4.78, 5) is 13.0. The predicted molar refractivity (Wildman–Crippen MR) is 125 cm³/mol. The summed E-state index contributed by atoms with van der Waals surface area (Å²) in [7, 11) is -3.48. The number of nitrogens with one attached hydrogen (secondary N) is 2. The van der Waals surface area contributed by atoms with Crippen LogP contribution in [-0.2, 0) is 21.1 Å². The Balaban J connectivity index is 1.45. The van der Waals surface area contributed by atoms with Crippen molar-refractivity contribution in [3.63, 3.8) is 0 Å². The first-order chi connectivity index (χ1) is 15.7. The van der Waals surface area contributed by atoms with Crippen molar-refractivity contribution in [1.29, 1.82) is 10.5 Å². The number of sulfone groups is 1. The van der Waals surface area contributed by atoms with Crippen LogP contribution in [0.3, 0.4) is 0 Å². The lowest BCUT2D eigenvalue weighted by atomic mass is 9.79. The lowest BCUT2D eigenvalue weighted by Crippen LogP contribution is -2.56. The highest BCUT2D eigenvalue weighted by Gasteiger charge is 2.47. The average Bonchev–Trinajstić information content (AvgIpc) is 3.12. The summed E-state index contributed by atoms with van der Waals surface area (Å²) in [6.45, 7) is 0.869. The van der Waals surface area contributed by atoms with Gasteiger partial charge in [-0.1, -0.05) is 30.7 Å². The average molecular weight is 465 g/mol. The number of nitriles is 2. The fourth-order valence-corrected chi connectivity index (χ4v) is 6.19. The Morgan fingerprint density at radius 1 is 1.27 bits per heavy atom. The van der Waals surface area contributed by atoms with E-state index in [1.54, 1.807) is 6.08 Å². The highest BCUT2D eigenvalue weighted by Crippen LogP contribution is 2.37. The Hall–Kier alpha value is -2.94. The Morgan fingerprint density at radius 2 is 2.03 bits per heavy atom. The number of benzene rings is 1. The predicted octanol–water partition coefficient (Wildman–Crippen LogP) is 2.77. The highest BCUT2D eigenvalue weighted by molar-refractivity contribution is 7.94. The van der Waals surface area contributed by atoms with Gasteiger partial charge in [-0.2, -0.15) is 10.5 Å². The lowest BCUT2D eigenvalue weighted by molar-refractivity contribution is -0.128. The number of hydrogen-bond donors (Lipinski definition) is 2. The van der Waals surface area contributed by atoms with Crippen molar-refractivity contribution in [2.45, 2.75) is 56.5 Å². The van der Waals surface area contributed by atoms with Gasteiger partial charge in [0.25, 0.3) is 0 Å². The molecule has 0 spiro atoms. The normalized spacial score (nSPS) is 25.5. The molecule has 8 heteroatoms. The molecule has 7 nitrogen and oxygen atoms in total. The van der Waals surface area contributed by atoms with Crippen LogP contribution in [0.4, 0.5) is 0 Å². The zero-order chi connectivity index (χ0) is 23.6. The van der Waals surface area contributed by atoms with Crippen LogP contribution in [0.1, 0.15) is 49.7 Å². The number of carbonyl (C=O) groups is 1. The summed E-state index contributed by atoms with van der Waals surface area (Å²) in [5, 5.41) is 25.2. The van der Waals surface area contributed by atoms with Crippen molar-refractivity contribution in [2.75, 3.05) is 12.8 Å². The van der Waals surface area contributed by atoms with Gasteiger partial charge in [0.1, 0.15) is 6.04 Å². The van der Waals surface area contributed by atoms with E-state index in [0.29, 0.717) is 30.8 Å². The van der Waals surface area contributed by atoms with Crippen LogP contribution in [0.25, 0.3) is 5.57 Å². The van der Waals surface area contributed by atoms with Gasteiger partial charge in [0.15, 0.2) is 9.84 Å². The maximum Gasteiger partial charge on any atom is 0.241 e. The molecule has 33 heavy (non-hydrogen) atoms. The van der Waals surface area contributed by atoms with E-state index in [2.05, 4.69) is 16.7 Å². The summed E-state index contributed by atoms with van der Waals surface area (Å²) in [5.74, 6) is 0.475. The Labute approximate surface area is 195 Å². The quantitative estimate of drug-likeness (QED) is 0.667. The number of fused-ring (bicyclic) bond motifs is 2. The van der Waals surface area contributed by atoms with Crippen LogP contribution in [0.2, 0.25) is 0 Å². The van der Waals surface area contributed by atoms with E-state index in [1.165, 1.54) is 0 Å². The zero-order valence-corrected chi connectivity index (χ0v) is 19.5. The molecule has 172 valence electrons. The summed E-state index contributed by atoms with van der Waals surface area (Å²) >= 11 is 0. The molecule has 0 radical (unpaired) electrons. The molecular weight excluding hydrogens is 436 g/mol. The number of rotatable bonds is 6. The standard InChI is InChI=1S/C25H28N4O3S/c1-33(31,32)23-12-20(8-9-21(23)14-26)19-6-4-17(5-7-19)11-22(15-27)29-24(30)25-10-2-3-18(13-25)16-28-25/h4-7,12,18,22,28H,2-3,8-11,13,16H2,1H3,(H,29,30)/t18-,22+,25?/m1/s1. The van der Waals surface area contributed by atoms with Gasteiger partial charge in [-0.15, -0.1) is 0 Å². The van der Waals surface area contributed by atoms with Crippen molar-refractivity contribution < 1.29 is 13.2 Å². The van der Waals surface area contributed by atoms with Gasteiger partial charge in [0, 0.05) is 18.2 Å². The van der Waals surface area contributed by atoms with E-state index in [9.17, 15) is 23.7 Å². The second-order valence-corrected chi connectivity index (χ2v) is 11.4. The Bertz CT molecular complexity index is 1200. The number of allylic oxidation sites excluding steroid dienone is 3. The third-order valence-electron chi connectivity index (χ3n) is 7.02. The largest absolute Gasteiger partial charge is 0.338 e. The zero-order valence-electron chi connectivity index (χ0n) is 18.7. The molecule has 1 saturated heterocycles. The minimum absolute atomic E-state index is 0.0754. The molecule has 1 saturated carbocycles. The number of amides is 1. The molecule has 0 aromatic heterocycles. The SMILES string of the molecule is CS(=O)(=O)C1=C(C#N)CCC(c2ccc(C[C@@H](C#N)NC(=O)C34CCC[C@@H](CN3)C4)cc2)=C1. The molecule has 3 aliphatic rings. The Morgan fingerprint density at radius 3 is 2.70 bits per heavy atom. The van der Waals surface area contributed by atoms with Crippen LogP contribution >= 0.6 is 0 Å². The van der Waals surface area contributed by atoms with Crippen molar-refractivity contribution in [3.05, 3.63) is 51.9 Å². The molecule has 2 N–H and O–H groups in total. The smallest absolute Gasteiger partial charge is 0.241 e. The van der Waals surface area contributed by atoms with Gasteiger partial charge >= 0.3 is 0 Å². The van der Waals surface area contributed by atoms with Crippen LogP contribution in [0.5, 0.6) is 0 Å². The number of carbonyl (C=O) groups excluding carboxylic acids is 1. The maximum atomic E-state index is 13.0. The molecule has 4 rings (SSSR count). The molecule has 1 aromatic carbocycles. The van der Waals surface area contributed by atoms with E-state index in [4.69, 9.17) is 0 Å². The van der Waals surface area contributed by atoms with Gasteiger partial charge in [0.05, 0.1) is 22.6 Å². The minimum atomic E-state index is -3.48. The summed E-state index contributed by atoms with van der Waals surface area (Å²) in [6.07, 6.45) is 7.95. The van der Waals surface area contributed by atoms with Gasteiger partial charge in [-0.3, -0.25) is 4.79 Å². The van der Waals surface area contributed by atoms with Crippen LogP contribution in [0.15, 0.2) is 40.8 Å². The lowest BCUT2D eigenvalue weighted by Gasteiger charge is -2.32. The maximum absolute atomic E-state index is 13.0. The molecule has 1 amide bonds. The first-order valence-electron chi connectivity index (χ1n) is 11.3. The fraction of sp³-hybridized carbons (Fsp3) is 0.480. The second-order valence-electron chi connectivity index (χ2n) is 9.38. The van der Waals surface area contributed by atoms with E-state index in [0.717, 1.165) is 55.2 Å². The molecular formula is C25H28N4O3S. The Kier molecular flexibility index (Phi) is 6.43. The topological polar surface area (TPSA) is 123 Å². The fourth-order valence-electron chi connectivity index (χ4n) is 5.24. The molecule has 1 unspecified atom stereocenters. The monoisotopic (exact) mass is 464 g/mol. The van der Waals surface area contributed by atoms with E-state index in [1.807, 2.05) is 30.3 Å². The first kappa shape index (κ1) is 23.2. The molecule has 1 heterocycles. The van der Waals surface area contributed by atoms with Crippen LogP contribution in [-0.4, -0.2) is 38.7 Å². The molecule has 1 aromatic rings. The van der Waals surface area contributed by atoms with Crippen molar-refractivity contribution >= 4 is 21.3 Å². The number of hydrogen-bond acceptors (Lipinski definition) is 6. The van der Waals surface area contributed by atoms with Gasteiger partial charge in [0.2, 0.25) is 5.91 Å². The van der Waals surface area contributed by atoms with E-state index in [-0.39, 0.29) is 10.8 Å². The highest BCUT2D eigenvalue weighted by atomic mass is 32.2. The molecule has 3 atom stereocenters. The molecule has 2 fully saturated rings. The van der Waals surface area contributed by atoms with Gasteiger partial charge < -0.3 is 10.6 Å². The van der Waals surface area contributed by atoms with Gasteiger partial charge in [-0.25, -0.2) is 8.42 Å². The molecule has 2 bridgehead atoms. The molecule has 1 aliphatic heterocycles. The summed E-state index contributed by atoms with van der Waals surface area (Å²) < 4.78 is 24.1. The third-order valence-corrected chi connectivity index (χ3v) is 8.19. The van der Waals surface area contributed by atoms with Crippen molar-refractivity contribution in [1.82, 2.24) is 10.6 Å². The summed E-state index contributed by atoms with van der Waals surface area (Å²) in [6, 6.07) is 11.2. The minimum Gasteiger partial charge on any atom is -0.338 e. The second kappa shape index (κ2) is 9.13. The van der Waals surface area contributed by atoms with Crippen LogP contribution in [0, 0.1) is 28.6 Å². The van der Waals surface area contributed by atoms with Crippen molar-refractivity contribution in [2.24, 2.45) is 5.92 Å². The third kappa shape index (κ3) is 4.88. The molecule has 2 aliphatic carbocycles. The van der Waals surface area contributed by atoms with Crippen molar-refractivity contribution in [3.8, 4) is 12.1 Å². The summed E-state index contributed by atoms with van der Waals surface area (Å²) in [5.41, 5.74) is 2.44. The number of nitrogens with zero attached hydrogens (tertiary/aromatic N) is 2. The van der Waals surface area contributed by atoms with E-state index >= 15 is 0 Å². The first-order valence-corrected chi connectivity index (χ1v) is 13.2. The van der Waals surface area contributed by atoms with E-state index < -0.39 is 21.4 Å². The van der Waals surface area contributed by atoms with Gasteiger partial charge in [-0.05, 0) is 67.3 Å².